The molecular weight excluding hydrogens is 346 g/mol. The first-order valence-corrected chi connectivity index (χ1v) is 7.30. The maximum Gasteiger partial charge on any atom is 0.401 e. The third kappa shape index (κ3) is 7.84. The second-order valence-electron chi connectivity index (χ2n) is 5.27. The second kappa shape index (κ2) is 9.21. The van der Waals surface area contributed by atoms with E-state index in [0.717, 1.165) is 17.0 Å². The summed E-state index contributed by atoms with van der Waals surface area (Å²) >= 11 is 0. The zero-order valence-electron chi connectivity index (χ0n) is 13.7. The summed E-state index contributed by atoms with van der Waals surface area (Å²) in [7, 11) is 2.49. The molecule has 0 saturated heterocycles. The number of hydrogen-bond donors (Lipinski definition) is 2. The Bertz CT molecular complexity index is 608. The number of carbonyl (C=O) groups is 2. The van der Waals surface area contributed by atoms with E-state index in [4.69, 9.17) is 0 Å². The lowest BCUT2D eigenvalue weighted by Crippen LogP contribution is -2.35. The molecule has 0 aliphatic rings. The number of benzene rings is 1. The standard InChI is InChI=1S/C15H19F4N3O3/c1-22(9-15(17,18)19)7-3-6-20-14(24)21-12-8-10(13(23)25-2)4-5-11(12)16/h4-5,8H,3,6-7,9H2,1-2H3,(H2,20,21,24). The molecule has 0 radical (unpaired) electrons. The van der Waals surface area contributed by atoms with Gasteiger partial charge in [0.2, 0.25) is 0 Å². The minimum absolute atomic E-state index is 0.0629. The molecule has 0 aromatic heterocycles. The summed E-state index contributed by atoms with van der Waals surface area (Å²) in [5, 5.41) is 4.63. The van der Waals surface area contributed by atoms with Gasteiger partial charge in [-0.25, -0.2) is 14.0 Å². The molecule has 140 valence electrons. The van der Waals surface area contributed by atoms with Crippen LogP contribution in [0.3, 0.4) is 0 Å². The molecule has 1 aromatic carbocycles. The van der Waals surface area contributed by atoms with Gasteiger partial charge in [0.25, 0.3) is 0 Å². The number of ether oxygens (including phenoxy) is 1. The molecule has 0 spiro atoms. The lowest BCUT2D eigenvalue weighted by atomic mass is 10.2. The monoisotopic (exact) mass is 365 g/mol. The number of nitrogens with zero attached hydrogens (tertiary/aromatic N) is 1. The Labute approximate surface area is 142 Å². The number of hydrogen-bond acceptors (Lipinski definition) is 4. The SMILES string of the molecule is COC(=O)c1ccc(F)c(NC(=O)NCCCN(C)CC(F)(F)F)c1. The summed E-state index contributed by atoms with van der Waals surface area (Å²) in [6.07, 6.45) is -3.99. The molecule has 10 heteroatoms. The zero-order valence-corrected chi connectivity index (χ0v) is 13.7. The molecule has 6 nitrogen and oxygen atoms in total. The van der Waals surface area contributed by atoms with Crippen molar-refractivity contribution in [1.82, 2.24) is 10.2 Å². The lowest BCUT2D eigenvalue weighted by molar-refractivity contribution is -0.143. The maximum absolute atomic E-state index is 13.6. The van der Waals surface area contributed by atoms with Crippen molar-refractivity contribution in [3.8, 4) is 0 Å². The third-order valence-electron chi connectivity index (χ3n) is 3.09. The van der Waals surface area contributed by atoms with Gasteiger partial charge in [0.05, 0.1) is 24.9 Å². The van der Waals surface area contributed by atoms with Crippen molar-refractivity contribution in [3.05, 3.63) is 29.6 Å². The molecule has 0 aliphatic carbocycles. The minimum Gasteiger partial charge on any atom is -0.465 e. The molecule has 0 heterocycles. The summed E-state index contributed by atoms with van der Waals surface area (Å²) in [6, 6.07) is 2.60. The molecule has 1 rings (SSSR count). The fraction of sp³-hybridized carbons (Fsp3) is 0.467. The molecule has 0 saturated carbocycles. The van der Waals surface area contributed by atoms with E-state index in [-0.39, 0.29) is 30.8 Å². The van der Waals surface area contributed by atoms with Crippen molar-refractivity contribution in [2.45, 2.75) is 12.6 Å². The van der Waals surface area contributed by atoms with Gasteiger partial charge in [0, 0.05) is 6.54 Å². The number of methoxy groups -OCH3 is 1. The topological polar surface area (TPSA) is 70.7 Å². The van der Waals surface area contributed by atoms with Crippen molar-refractivity contribution >= 4 is 17.7 Å². The van der Waals surface area contributed by atoms with Crippen LogP contribution in [0.4, 0.5) is 28.0 Å². The van der Waals surface area contributed by atoms with E-state index < -0.39 is 30.5 Å². The first-order valence-electron chi connectivity index (χ1n) is 7.30. The number of nitrogens with one attached hydrogen (secondary N) is 2. The van der Waals surface area contributed by atoms with Crippen molar-refractivity contribution in [2.24, 2.45) is 0 Å². The molecule has 0 bridgehead atoms. The Morgan fingerprint density at radius 2 is 1.96 bits per heavy atom. The highest BCUT2D eigenvalue weighted by molar-refractivity contribution is 5.94. The van der Waals surface area contributed by atoms with Crippen molar-refractivity contribution < 1.29 is 31.9 Å². The van der Waals surface area contributed by atoms with Crippen molar-refractivity contribution in [1.29, 1.82) is 0 Å². The van der Waals surface area contributed by atoms with Gasteiger partial charge in [-0.1, -0.05) is 0 Å². The number of halogens is 4. The summed E-state index contributed by atoms with van der Waals surface area (Å²) in [4.78, 5) is 24.2. The Balaban J connectivity index is 2.43. The van der Waals surface area contributed by atoms with Gasteiger partial charge < -0.3 is 15.4 Å². The lowest BCUT2D eigenvalue weighted by Gasteiger charge is -2.18. The molecule has 0 atom stereocenters. The summed E-state index contributed by atoms with van der Waals surface area (Å²) in [5.41, 5.74) is -0.150. The van der Waals surface area contributed by atoms with Crippen LogP contribution in [0, 0.1) is 5.82 Å². The van der Waals surface area contributed by atoms with Gasteiger partial charge in [-0.2, -0.15) is 13.2 Å². The molecule has 0 unspecified atom stereocenters. The number of rotatable bonds is 7. The van der Waals surface area contributed by atoms with Crippen LogP contribution in [0.25, 0.3) is 0 Å². The molecule has 0 fully saturated rings. The van der Waals surface area contributed by atoms with Gasteiger partial charge in [-0.15, -0.1) is 0 Å². The van der Waals surface area contributed by atoms with Crippen LogP contribution in [0.15, 0.2) is 18.2 Å². The summed E-state index contributed by atoms with van der Waals surface area (Å²) < 4.78 is 54.6. The maximum atomic E-state index is 13.6. The van der Waals surface area contributed by atoms with Gasteiger partial charge in [0.15, 0.2) is 0 Å². The van der Waals surface area contributed by atoms with E-state index in [1.165, 1.54) is 20.2 Å². The van der Waals surface area contributed by atoms with Crippen LogP contribution in [0.1, 0.15) is 16.8 Å². The number of amides is 2. The molecular formula is C15H19F4N3O3. The first kappa shape index (κ1) is 20.7. The van der Waals surface area contributed by atoms with Gasteiger partial charge in [0.1, 0.15) is 5.82 Å². The van der Waals surface area contributed by atoms with Gasteiger partial charge >= 0.3 is 18.2 Å². The highest BCUT2D eigenvalue weighted by atomic mass is 19.4. The predicted octanol–water partition coefficient (Wildman–Crippen LogP) is 2.62. The number of urea groups is 1. The zero-order chi connectivity index (χ0) is 19.0. The third-order valence-corrected chi connectivity index (χ3v) is 3.09. The van der Waals surface area contributed by atoms with Gasteiger partial charge in [-0.3, -0.25) is 4.90 Å². The molecule has 25 heavy (non-hydrogen) atoms. The summed E-state index contributed by atoms with van der Waals surface area (Å²) in [5.74, 6) is -1.43. The number of anilines is 1. The van der Waals surface area contributed by atoms with Crippen molar-refractivity contribution in [3.63, 3.8) is 0 Å². The summed E-state index contributed by atoms with van der Waals surface area (Å²) in [6.45, 7) is -0.803. The van der Waals surface area contributed by atoms with Crippen LogP contribution >= 0.6 is 0 Å². The number of esters is 1. The number of carbonyl (C=O) groups excluding carboxylic acids is 2. The molecule has 0 aliphatic heterocycles. The van der Waals surface area contributed by atoms with E-state index in [2.05, 4.69) is 15.4 Å². The highest BCUT2D eigenvalue weighted by Crippen LogP contribution is 2.17. The Kier molecular flexibility index (Phi) is 7.62. The fourth-order valence-electron chi connectivity index (χ4n) is 1.97. The molecule has 1 aromatic rings. The Morgan fingerprint density at radius 3 is 2.56 bits per heavy atom. The van der Waals surface area contributed by atoms with Crippen LogP contribution < -0.4 is 10.6 Å². The van der Waals surface area contributed by atoms with E-state index in [1.54, 1.807) is 0 Å². The average molecular weight is 365 g/mol. The minimum atomic E-state index is -4.28. The normalized spacial score (nSPS) is 11.3. The second-order valence-corrected chi connectivity index (χ2v) is 5.27. The molecule has 2 amide bonds. The van der Waals surface area contributed by atoms with E-state index in [9.17, 15) is 27.2 Å². The Morgan fingerprint density at radius 1 is 1.28 bits per heavy atom. The molecule has 2 N–H and O–H groups in total. The van der Waals surface area contributed by atoms with E-state index in [1.807, 2.05) is 0 Å². The smallest absolute Gasteiger partial charge is 0.401 e. The van der Waals surface area contributed by atoms with Crippen LogP contribution in [0.2, 0.25) is 0 Å². The van der Waals surface area contributed by atoms with Crippen LogP contribution in [-0.2, 0) is 4.74 Å². The first-order chi connectivity index (χ1) is 11.6. The fourth-order valence-corrected chi connectivity index (χ4v) is 1.97. The highest BCUT2D eigenvalue weighted by Gasteiger charge is 2.28. The average Bonchev–Trinajstić information content (AvgIpc) is 2.51. The Hall–Kier alpha value is -2.36. The largest absolute Gasteiger partial charge is 0.465 e. The van der Waals surface area contributed by atoms with E-state index in [0.29, 0.717) is 0 Å². The van der Waals surface area contributed by atoms with Crippen LogP contribution in [0.5, 0.6) is 0 Å². The van der Waals surface area contributed by atoms with Crippen molar-refractivity contribution in [2.75, 3.05) is 39.1 Å². The quantitative estimate of drug-likeness (QED) is 0.443. The predicted molar refractivity (Wildman–Crippen MR) is 82.9 cm³/mol. The number of alkyl halides is 3. The van der Waals surface area contributed by atoms with E-state index >= 15 is 0 Å². The van der Waals surface area contributed by atoms with Gasteiger partial charge in [-0.05, 0) is 38.2 Å². The van der Waals surface area contributed by atoms with Crippen LogP contribution in [-0.4, -0.2) is 56.9 Å².